The molecule has 0 aliphatic carbocycles. The Kier molecular flexibility index (Phi) is 23.5. The summed E-state index contributed by atoms with van der Waals surface area (Å²) < 4.78 is 0. The Morgan fingerprint density at radius 1 is 0.395 bits per heavy atom. The van der Waals surface area contributed by atoms with Crippen molar-refractivity contribution in [1.29, 1.82) is 0 Å². The van der Waals surface area contributed by atoms with Crippen molar-refractivity contribution in [2.45, 2.75) is 232 Å². The molecule has 0 saturated heterocycles. The first kappa shape index (κ1) is 40.0. The number of phenols is 1. The van der Waals surface area contributed by atoms with Crippen LogP contribution in [0.5, 0.6) is 5.75 Å². The largest absolute Gasteiger partial charge is 0.507 e. The predicted molar refractivity (Wildman–Crippen MR) is 195 cm³/mol. The molecule has 43 heavy (non-hydrogen) atoms. The highest BCUT2D eigenvalue weighted by Gasteiger charge is 2.29. The topological polar surface area (TPSA) is 20.2 Å². The molecule has 0 bridgehead atoms. The lowest BCUT2D eigenvalue weighted by molar-refractivity contribution is 0.378. The number of rotatable bonds is 30. The fraction of sp³-hybridized carbons (Fsp3) is 0.857. The first-order valence-electron chi connectivity index (χ1n) is 19.6. The van der Waals surface area contributed by atoms with Gasteiger partial charge in [0.15, 0.2) is 0 Å². The summed E-state index contributed by atoms with van der Waals surface area (Å²) in [6.07, 6.45) is 38.6. The zero-order chi connectivity index (χ0) is 31.7. The van der Waals surface area contributed by atoms with Crippen LogP contribution in [0, 0.1) is 0 Å². The molecule has 1 heteroatoms. The zero-order valence-electron chi connectivity index (χ0n) is 30.5. The van der Waals surface area contributed by atoms with Gasteiger partial charge in [0.25, 0.3) is 0 Å². The maximum absolute atomic E-state index is 11.5. The number of unbranched alkanes of at least 4 members (excludes halogenated alkanes) is 24. The maximum Gasteiger partial charge on any atom is 0.123 e. The van der Waals surface area contributed by atoms with E-state index in [-0.39, 0.29) is 10.8 Å². The number of hydrogen-bond acceptors (Lipinski definition) is 1. The standard InChI is InChI=1S/C42H78O/c1-7-9-11-13-15-17-19-21-23-25-27-29-31-36-41(3,4)38-34-33-35-39(40(38)43)42(5,6)37-32-30-28-26-24-22-20-18-16-14-12-10-8-2/h33-35,43H,7-32,36-37H2,1-6H3. The van der Waals surface area contributed by atoms with Crippen LogP contribution in [0.1, 0.15) is 232 Å². The van der Waals surface area contributed by atoms with Crippen molar-refractivity contribution < 1.29 is 5.11 Å². The van der Waals surface area contributed by atoms with Gasteiger partial charge in [-0.25, -0.2) is 0 Å². The molecule has 1 rings (SSSR count). The summed E-state index contributed by atoms with van der Waals surface area (Å²) in [5.41, 5.74) is 2.34. The summed E-state index contributed by atoms with van der Waals surface area (Å²) in [5.74, 6) is 0.571. The van der Waals surface area contributed by atoms with Crippen LogP contribution in [-0.2, 0) is 10.8 Å². The zero-order valence-corrected chi connectivity index (χ0v) is 30.5. The second-order valence-corrected chi connectivity index (χ2v) is 15.5. The Bertz CT molecular complexity index is 700. The Labute approximate surface area is 271 Å². The van der Waals surface area contributed by atoms with E-state index in [0.29, 0.717) is 5.75 Å². The van der Waals surface area contributed by atoms with Crippen LogP contribution in [0.15, 0.2) is 18.2 Å². The Balaban J connectivity index is 2.27. The molecular weight excluding hydrogens is 520 g/mol. The molecule has 0 amide bonds. The quantitative estimate of drug-likeness (QED) is 0.0873. The van der Waals surface area contributed by atoms with E-state index in [1.54, 1.807) is 0 Å². The average molecular weight is 599 g/mol. The lowest BCUT2D eigenvalue weighted by Gasteiger charge is -2.31. The maximum atomic E-state index is 11.5. The number of para-hydroxylation sites is 1. The monoisotopic (exact) mass is 599 g/mol. The second kappa shape index (κ2) is 25.2. The molecule has 0 aliphatic heterocycles. The van der Waals surface area contributed by atoms with Crippen molar-refractivity contribution in [2.75, 3.05) is 0 Å². The SMILES string of the molecule is CCCCCCCCCCCCCCCC(C)(C)c1cccc(C(C)(C)CCCCCCCCCCCCCCC)c1O. The third-order valence-corrected chi connectivity index (χ3v) is 10.3. The van der Waals surface area contributed by atoms with Crippen molar-refractivity contribution in [2.24, 2.45) is 0 Å². The number of hydrogen-bond donors (Lipinski definition) is 1. The molecule has 1 nitrogen and oxygen atoms in total. The Hall–Kier alpha value is -0.980. The van der Waals surface area contributed by atoms with Gasteiger partial charge in [0.05, 0.1) is 0 Å². The molecular formula is C42H78O. The predicted octanol–water partition coefficient (Wildman–Crippen LogP) is 14.9. The van der Waals surface area contributed by atoms with Gasteiger partial charge < -0.3 is 5.11 Å². The van der Waals surface area contributed by atoms with Gasteiger partial charge in [0.1, 0.15) is 5.75 Å². The number of phenolic OH excluding ortho intramolecular Hbond substituents is 1. The Morgan fingerprint density at radius 2 is 0.628 bits per heavy atom. The van der Waals surface area contributed by atoms with E-state index in [1.807, 2.05) is 0 Å². The van der Waals surface area contributed by atoms with Gasteiger partial charge in [-0.3, -0.25) is 0 Å². The molecule has 0 fully saturated rings. The van der Waals surface area contributed by atoms with E-state index < -0.39 is 0 Å². The molecule has 0 heterocycles. The molecule has 1 aromatic rings. The summed E-state index contributed by atoms with van der Waals surface area (Å²) in [5, 5.41) is 11.5. The minimum absolute atomic E-state index is 0.0173. The molecule has 0 atom stereocenters. The summed E-state index contributed by atoms with van der Waals surface area (Å²) in [4.78, 5) is 0. The molecule has 1 aromatic carbocycles. The number of benzene rings is 1. The van der Waals surface area contributed by atoms with Crippen molar-refractivity contribution >= 4 is 0 Å². The van der Waals surface area contributed by atoms with E-state index in [1.165, 1.54) is 167 Å². The first-order chi connectivity index (χ1) is 20.8. The van der Waals surface area contributed by atoms with Gasteiger partial charge in [0, 0.05) is 0 Å². The van der Waals surface area contributed by atoms with E-state index in [2.05, 4.69) is 59.7 Å². The summed E-state index contributed by atoms with van der Waals surface area (Å²) >= 11 is 0. The van der Waals surface area contributed by atoms with E-state index in [0.717, 1.165) is 24.0 Å². The summed E-state index contributed by atoms with van der Waals surface area (Å²) in [6.45, 7) is 14.0. The third-order valence-electron chi connectivity index (χ3n) is 10.3. The van der Waals surface area contributed by atoms with E-state index in [9.17, 15) is 5.11 Å². The smallest absolute Gasteiger partial charge is 0.123 e. The van der Waals surface area contributed by atoms with E-state index >= 15 is 0 Å². The number of aromatic hydroxyl groups is 1. The fourth-order valence-corrected chi connectivity index (χ4v) is 7.07. The highest BCUT2D eigenvalue weighted by molar-refractivity contribution is 5.47. The van der Waals surface area contributed by atoms with Crippen molar-refractivity contribution in [3.63, 3.8) is 0 Å². The molecule has 0 radical (unpaired) electrons. The summed E-state index contributed by atoms with van der Waals surface area (Å²) in [6, 6.07) is 6.56. The minimum atomic E-state index is 0.0173. The normalized spacial score (nSPS) is 12.3. The van der Waals surface area contributed by atoms with Crippen LogP contribution in [0.4, 0.5) is 0 Å². The van der Waals surface area contributed by atoms with Gasteiger partial charge in [-0.1, -0.05) is 227 Å². The average Bonchev–Trinajstić information content (AvgIpc) is 2.97. The van der Waals surface area contributed by atoms with Crippen molar-refractivity contribution in [1.82, 2.24) is 0 Å². The van der Waals surface area contributed by atoms with Crippen LogP contribution in [0.3, 0.4) is 0 Å². The first-order valence-corrected chi connectivity index (χ1v) is 19.6. The minimum Gasteiger partial charge on any atom is -0.507 e. The van der Waals surface area contributed by atoms with Crippen LogP contribution in [0.25, 0.3) is 0 Å². The lowest BCUT2D eigenvalue weighted by atomic mass is 9.74. The van der Waals surface area contributed by atoms with Gasteiger partial charge in [-0.2, -0.15) is 0 Å². The van der Waals surface area contributed by atoms with Crippen LogP contribution < -0.4 is 0 Å². The Morgan fingerprint density at radius 3 is 0.884 bits per heavy atom. The van der Waals surface area contributed by atoms with Gasteiger partial charge in [-0.15, -0.1) is 0 Å². The van der Waals surface area contributed by atoms with Crippen LogP contribution in [-0.4, -0.2) is 5.11 Å². The summed E-state index contributed by atoms with van der Waals surface area (Å²) in [7, 11) is 0. The van der Waals surface area contributed by atoms with Crippen LogP contribution in [0.2, 0.25) is 0 Å². The van der Waals surface area contributed by atoms with Gasteiger partial charge in [-0.05, 0) is 34.8 Å². The highest BCUT2D eigenvalue weighted by Crippen LogP contribution is 2.42. The van der Waals surface area contributed by atoms with Gasteiger partial charge >= 0.3 is 0 Å². The van der Waals surface area contributed by atoms with Crippen LogP contribution >= 0.6 is 0 Å². The molecule has 1 N–H and O–H groups in total. The highest BCUT2D eigenvalue weighted by atomic mass is 16.3. The molecule has 0 aromatic heterocycles. The lowest BCUT2D eigenvalue weighted by Crippen LogP contribution is -2.21. The van der Waals surface area contributed by atoms with Crippen molar-refractivity contribution in [3.05, 3.63) is 29.3 Å². The molecule has 0 aliphatic rings. The molecule has 252 valence electrons. The molecule has 0 unspecified atom stereocenters. The molecule has 0 spiro atoms. The van der Waals surface area contributed by atoms with Crippen molar-refractivity contribution in [3.8, 4) is 5.75 Å². The van der Waals surface area contributed by atoms with Gasteiger partial charge in [0.2, 0.25) is 0 Å². The fourth-order valence-electron chi connectivity index (χ4n) is 7.07. The third kappa shape index (κ3) is 19.2. The molecule has 0 saturated carbocycles. The second-order valence-electron chi connectivity index (χ2n) is 15.5. The van der Waals surface area contributed by atoms with E-state index in [4.69, 9.17) is 0 Å².